The number of nitrogens with zero attached hydrogens (tertiary/aromatic N) is 1. The van der Waals surface area contributed by atoms with E-state index in [0.717, 1.165) is 31.5 Å². The highest BCUT2D eigenvalue weighted by atomic mass is 19.4. The molecular formula is C14H18F3N3O. The maximum atomic E-state index is 12.4. The van der Waals surface area contributed by atoms with Crippen molar-refractivity contribution in [2.75, 3.05) is 11.9 Å². The van der Waals surface area contributed by atoms with Gasteiger partial charge in [-0.2, -0.15) is 13.2 Å². The maximum absolute atomic E-state index is 12.4. The zero-order valence-corrected chi connectivity index (χ0v) is 11.5. The molecule has 0 bridgehead atoms. The lowest BCUT2D eigenvalue weighted by molar-refractivity contribution is -0.141. The molecule has 116 valence electrons. The van der Waals surface area contributed by atoms with Crippen LogP contribution in [0.2, 0.25) is 0 Å². The van der Waals surface area contributed by atoms with E-state index in [1.165, 1.54) is 6.07 Å². The fourth-order valence-corrected chi connectivity index (χ4v) is 2.65. The van der Waals surface area contributed by atoms with Crippen molar-refractivity contribution < 1.29 is 18.0 Å². The van der Waals surface area contributed by atoms with Gasteiger partial charge in [0.2, 0.25) is 5.91 Å². The van der Waals surface area contributed by atoms with E-state index in [1.807, 2.05) is 0 Å². The number of halogens is 3. The molecular weight excluding hydrogens is 283 g/mol. The van der Waals surface area contributed by atoms with E-state index in [2.05, 4.69) is 10.3 Å². The van der Waals surface area contributed by atoms with Crippen molar-refractivity contribution in [1.82, 2.24) is 4.98 Å². The van der Waals surface area contributed by atoms with Crippen molar-refractivity contribution in [3.8, 4) is 0 Å². The summed E-state index contributed by atoms with van der Waals surface area (Å²) in [6.07, 6.45) is 0.924. The number of nitrogens with two attached hydrogens (primary N) is 1. The van der Waals surface area contributed by atoms with Gasteiger partial charge < -0.3 is 11.1 Å². The summed E-state index contributed by atoms with van der Waals surface area (Å²) in [5.74, 6) is -0.230. The number of alkyl halides is 3. The summed E-state index contributed by atoms with van der Waals surface area (Å²) in [4.78, 5) is 15.7. The summed E-state index contributed by atoms with van der Waals surface area (Å²) < 4.78 is 37.3. The van der Waals surface area contributed by atoms with Crippen LogP contribution < -0.4 is 11.1 Å². The SMILES string of the molecule is NCC1(C(=O)Nc2ccc(C(F)(F)F)nc2)CCCCC1. The minimum Gasteiger partial charge on any atom is -0.329 e. The smallest absolute Gasteiger partial charge is 0.329 e. The number of pyridine rings is 1. The number of anilines is 1. The molecule has 0 aromatic carbocycles. The van der Waals surface area contributed by atoms with Crippen molar-refractivity contribution in [3.63, 3.8) is 0 Å². The number of rotatable bonds is 3. The van der Waals surface area contributed by atoms with Gasteiger partial charge in [0.1, 0.15) is 5.69 Å². The van der Waals surface area contributed by atoms with Crippen LogP contribution in [0.4, 0.5) is 18.9 Å². The van der Waals surface area contributed by atoms with Crippen LogP contribution in [0, 0.1) is 5.41 Å². The van der Waals surface area contributed by atoms with Gasteiger partial charge in [-0.1, -0.05) is 19.3 Å². The van der Waals surface area contributed by atoms with Gasteiger partial charge in [-0.25, -0.2) is 4.98 Å². The molecule has 0 spiro atoms. The molecule has 0 aliphatic heterocycles. The number of carbonyl (C=O) groups excluding carboxylic acids is 1. The van der Waals surface area contributed by atoms with Gasteiger partial charge in [0.15, 0.2) is 0 Å². The Morgan fingerprint density at radius 1 is 1.29 bits per heavy atom. The number of amides is 1. The Bertz CT molecular complexity index is 493. The summed E-state index contributed by atoms with van der Waals surface area (Å²) in [7, 11) is 0. The van der Waals surface area contributed by atoms with Crippen LogP contribution in [0.15, 0.2) is 18.3 Å². The third-order valence-corrected chi connectivity index (χ3v) is 3.99. The van der Waals surface area contributed by atoms with Crippen molar-refractivity contribution in [3.05, 3.63) is 24.0 Å². The first-order chi connectivity index (χ1) is 9.87. The predicted molar refractivity (Wildman–Crippen MR) is 72.4 cm³/mol. The van der Waals surface area contributed by atoms with Gasteiger partial charge in [0.05, 0.1) is 17.3 Å². The number of hydrogen-bond acceptors (Lipinski definition) is 3. The Labute approximate surface area is 120 Å². The third-order valence-electron chi connectivity index (χ3n) is 3.99. The van der Waals surface area contributed by atoms with Gasteiger partial charge >= 0.3 is 6.18 Å². The van der Waals surface area contributed by atoms with Crippen LogP contribution in [0.1, 0.15) is 37.8 Å². The van der Waals surface area contributed by atoms with Crippen molar-refractivity contribution in [2.24, 2.45) is 11.1 Å². The second kappa shape index (κ2) is 6.01. The average molecular weight is 301 g/mol. The molecule has 1 heterocycles. The lowest BCUT2D eigenvalue weighted by Crippen LogP contribution is -2.43. The molecule has 0 atom stereocenters. The van der Waals surface area contributed by atoms with Crippen LogP contribution in [-0.2, 0) is 11.0 Å². The molecule has 1 amide bonds. The Morgan fingerprint density at radius 2 is 1.95 bits per heavy atom. The number of aromatic nitrogens is 1. The van der Waals surface area contributed by atoms with Crippen molar-refractivity contribution >= 4 is 11.6 Å². The molecule has 1 aliphatic carbocycles. The first-order valence-electron chi connectivity index (χ1n) is 6.92. The topological polar surface area (TPSA) is 68.0 Å². The zero-order chi connectivity index (χ0) is 15.5. The highest BCUT2D eigenvalue weighted by Gasteiger charge is 2.38. The van der Waals surface area contributed by atoms with Gasteiger partial charge in [-0.3, -0.25) is 4.79 Å². The Hall–Kier alpha value is -1.63. The molecule has 0 unspecified atom stereocenters. The Kier molecular flexibility index (Phi) is 4.51. The van der Waals surface area contributed by atoms with E-state index < -0.39 is 17.3 Å². The molecule has 0 radical (unpaired) electrons. The van der Waals surface area contributed by atoms with Crippen LogP contribution in [0.3, 0.4) is 0 Å². The lowest BCUT2D eigenvalue weighted by atomic mass is 9.73. The minimum absolute atomic E-state index is 0.230. The van der Waals surface area contributed by atoms with Crippen molar-refractivity contribution in [2.45, 2.75) is 38.3 Å². The second-order valence-corrected chi connectivity index (χ2v) is 5.43. The van der Waals surface area contributed by atoms with Crippen LogP contribution in [0.5, 0.6) is 0 Å². The minimum atomic E-state index is -4.48. The van der Waals surface area contributed by atoms with E-state index in [4.69, 9.17) is 5.73 Å². The predicted octanol–water partition coefficient (Wildman–Crippen LogP) is 2.95. The molecule has 3 N–H and O–H groups in total. The Balaban J connectivity index is 2.08. The quantitative estimate of drug-likeness (QED) is 0.902. The zero-order valence-electron chi connectivity index (χ0n) is 11.5. The molecule has 7 heteroatoms. The van der Waals surface area contributed by atoms with E-state index in [-0.39, 0.29) is 18.1 Å². The molecule has 0 saturated heterocycles. The molecule has 1 aromatic rings. The molecule has 1 aliphatic rings. The van der Waals surface area contributed by atoms with Gasteiger partial charge in [0.25, 0.3) is 0 Å². The molecule has 2 rings (SSSR count). The highest BCUT2D eigenvalue weighted by Crippen LogP contribution is 2.36. The Morgan fingerprint density at radius 3 is 2.43 bits per heavy atom. The highest BCUT2D eigenvalue weighted by molar-refractivity contribution is 5.95. The fourth-order valence-electron chi connectivity index (χ4n) is 2.65. The summed E-state index contributed by atoms with van der Waals surface area (Å²) in [5.41, 5.74) is 4.41. The fraction of sp³-hybridized carbons (Fsp3) is 0.571. The monoisotopic (exact) mass is 301 g/mol. The second-order valence-electron chi connectivity index (χ2n) is 5.43. The first kappa shape index (κ1) is 15.8. The summed E-state index contributed by atoms with van der Waals surface area (Å²) in [6, 6.07) is 2.06. The third kappa shape index (κ3) is 3.53. The largest absolute Gasteiger partial charge is 0.433 e. The van der Waals surface area contributed by atoms with E-state index in [9.17, 15) is 18.0 Å². The normalized spacial score (nSPS) is 18.3. The average Bonchev–Trinajstić information content (AvgIpc) is 2.47. The van der Waals surface area contributed by atoms with Crippen LogP contribution >= 0.6 is 0 Å². The van der Waals surface area contributed by atoms with Gasteiger partial charge in [-0.15, -0.1) is 0 Å². The van der Waals surface area contributed by atoms with Crippen LogP contribution in [0.25, 0.3) is 0 Å². The number of hydrogen-bond donors (Lipinski definition) is 2. The molecule has 1 fully saturated rings. The molecule has 4 nitrogen and oxygen atoms in total. The molecule has 21 heavy (non-hydrogen) atoms. The molecule has 1 saturated carbocycles. The van der Waals surface area contributed by atoms with Gasteiger partial charge in [0, 0.05) is 6.54 Å². The number of carbonyl (C=O) groups is 1. The number of nitrogens with one attached hydrogen (secondary N) is 1. The van der Waals surface area contributed by atoms with Gasteiger partial charge in [-0.05, 0) is 25.0 Å². The summed E-state index contributed by atoms with van der Waals surface area (Å²) in [6.45, 7) is 0.243. The standard InChI is InChI=1S/C14H18F3N3O/c15-14(16,17)11-5-4-10(8-19-11)20-12(21)13(9-18)6-2-1-3-7-13/h4-5,8H,1-3,6-7,9,18H2,(H,20,21). The van der Waals surface area contributed by atoms with Crippen LogP contribution in [-0.4, -0.2) is 17.4 Å². The summed E-state index contributed by atoms with van der Waals surface area (Å²) in [5, 5.41) is 2.63. The lowest BCUT2D eigenvalue weighted by Gasteiger charge is -2.34. The molecule has 1 aromatic heterocycles. The first-order valence-corrected chi connectivity index (χ1v) is 6.92. The maximum Gasteiger partial charge on any atom is 0.433 e. The van der Waals surface area contributed by atoms with E-state index in [1.54, 1.807) is 0 Å². The summed E-state index contributed by atoms with van der Waals surface area (Å²) >= 11 is 0. The van der Waals surface area contributed by atoms with E-state index >= 15 is 0 Å². The van der Waals surface area contributed by atoms with E-state index in [0.29, 0.717) is 12.8 Å². The van der Waals surface area contributed by atoms with Crippen molar-refractivity contribution in [1.29, 1.82) is 0 Å².